The van der Waals surface area contributed by atoms with Gasteiger partial charge in [0.05, 0.1) is 0 Å². The van der Waals surface area contributed by atoms with Gasteiger partial charge in [-0.05, 0) is 31.2 Å². The normalized spacial score (nSPS) is 13.0. The number of rotatable bonds is 4. The SMILES string of the molecule is CC(Oc1ccc(-c2nnc(C(F)(F)F)o2)cc1)C(=O)O. The van der Waals surface area contributed by atoms with Gasteiger partial charge < -0.3 is 14.3 Å². The van der Waals surface area contributed by atoms with Crippen molar-refractivity contribution in [3.63, 3.8) is 0 Å². The molecule has 112 valence electrons. The first kappa shape index (κ1) is 14.8. The maximum Gasteiger partial charge on any atom is 0.470 e. The molecule has 0 amide bonds. The van der Waals surface area contributed by atoms with E-state index in [9.17, 15) is 18.0 Å². The van der Waals surface area contributed by atoms with Gasteiger partial charge >= 0.3 is 18.0 Å². The second-order valence-electron chi connectivity index (χ2n) is 4.03. The van der Waals surface area contributed by atoms with E-state index in [1.165, 1.54) is 31.2 Å². The fourth-order valence-electron chi connectivity index (χ4n) is 1.39. The molecule has 0 aliphatic carbocycles. The number of ether oxygens (including phenoxy) is 1. The summed E-state index contributed by atoms with van der Waals surface area (Å²) in [7, 11) is 0. The lowest BCUT2D eigenvalue weighted by Gasteiger charge is -2.10. The van der Waals surface area contributed by atoms with Crippen molar-refractivity contribution in [2.75, 3.05) is 0 Å². The Balaban J connectivity index is 2.15. The van der Waals surface area contributed by atoms with E-state index >= 15 is 0 Å². The van der Waals surface area contributed by atoms with E-state index in [1.807, 2.05) is 0 Å². The quantitative estimate of drug-likeness (QED) is 0.934. The van der Waals surface area contributed by atoms with Crippen LogP contribution in [0.2, 0.25) is 0 Å². The van der Waals surface area contributed by atoms with E-state index in [2.05, 4.69) is 14.6 Å². The Labute approximate surface area is 116 Å². The van der Waals surface area contributed by atoms with Gasteiger partial charge in [0.15, 0.2) is 6.10 Å². The van der Waals surface area contributed by atoms with Crippen LogP contribution in [0.3, 0.4) is 0 Å². The van der Waals surface area contributed by atoms with Crippen LogP contribution >= 0.6 is 0 Å². The molecule has 0 saturated heterocycles. The lowest BCUT2D eigenvalue weighted by Crippen LogP contribution is -2.22. The van der Waals surface area contributed by atoms with Crippen molar-refractivity contribution in [3.05, 3.63) is 30.2 Å². The van der Waals surface area contributed by atoms with Crippen molar-refractivity contribution in [2.45, 2.75) is 19.2 Å². The molecule has 0 bridgehead atoms. The number of carbonyl (C=O) groups is 1. The van der Waals surface area contributed by atoms with Gasteiger partial charge in [-0.25, -0.2) is 4.79 Å². The minimum atomic E-state index is -4.70. The number of carboxylic acids is 1. The largest absolute Gasteiger partial charge is 0.479 e. The second-order valence-corrected chi connectivity index (χ2v) is 4.03. The zero-order chi connectivity index (χ0) is 15.6. The van der Waals surface area contributed by atoms with E-state index in [0.717, 1.165) is 0 Å². The second kappa shape index (κ2) is 5.43. The third-order valence-electron chi connectivity index (χ3n) is 2.43. The summed E-state index contributed by atoms with van der Waals surface area (Å²) in [6, 6.07) is 5.56. The van der Waals surface area contributed by atoms with Crippen LogP contribution in [0.25, 0.3) is 11.5 Å². The highest BCUT2D eigenvalue weighted by Crippen LogP contribution is 2.30. The topological polar surface area (TPSA) is 85.5 Å². The molecule has 0 saturated carbocycles. The van der Waals surface area contributed by atoms with Crippen molar-refractivity contribution >= 4 is 5.97 Å². The van der Waals surface area contributed by atoms with Gasteiger partial charge in [0.25, 0.3) is 0 Å². The molecule has 0 radical (unpaired) electrons. The fraction of sp³-hybridized carbons (Fsp3) is 0.250. The van der Waals surface area contributed by atoms with Crippen LogP contribution in [0.15, 0.2) is 28.7 Å². The smallest absolute Gasteiger partial charge is 0.470 e. The number of halogens is 3. The number of hydrogen-bond acceptors (Lipinski definition) is 5. The molecular weight excluding hydrogens is 293 g/mol. The standard InChI is InChI=1S/C12H9F3N2O4/c1-6(10(18)19)20-8-4-2-7(3-5-8)9-16-17-11(21-9)12(13,14)15/h2-6H,1H3,(H,18,19). The average Bonchev–Trinajstić information content (AvgIpc) is 2.89. The summed E-state index contributed by atoms with van der Waals surface area (Å²) in [5, 5.41) is 14.9. The first-order valence-corrected chi connectivity index (χ1v) is 5.68. The molecule has 6 nitrogen and oxygen atoms in total. The third-order valence-corrected chi connectivity index (χ3v) is 2.43. The summed E-state index contributed by atoms with van der Waals surface area (Å²) in [5.41, 5.74) is 0.258. The Kier molecular flexibility index (Phi) is 3.83. The van der Waals surface area contributed by atoms with Crippen LogP contribution in [-0.4, -0.2) is 27.4 Å². The number of aromatic nitrogens is 2. The average molecular weight is 302 g/mol. The van der Waals surface area contributed by atoms with Crippen LogP contribution in [0.4, 0.5) is 13.2 Å². The Morgan fingerprint density at radius 2 is 1.90 bits per heavy atom. The van der Waals surface area contributed by atoms with Crippen molar-refractivity contribution in [2.24, 2.45) is 0 Å². The molecule has 2 rings (SSSR count). The molecule has 1 unspecified atom stereocenters. The Morgan fingerprint density at radius 1 is 1.29 bits per heavy atom. The number of alkyl halides is 3. The highest BCUT2D eigenvalue weighted by molar-refractivity contribution is 5.72. The third kappa shape index (κ3) is 3.50. The molecular formula is C12H9F3N2O4. The highest BCUT2D eigenvalue weighted by Gasteiger charge is 2.38. The molecule has 1 N–H and O–H groups in total. The minimum Gasteiger partial charge on any atom is -0.479 e. The Hall–Kier alpha value is -2.58. The molecule has 1 aromatic carbocycles. The van der Waals surface area contributed by atoms with Gasteiger partial charge in [-0.1, -0.05) is 0 Å². The van der Waals surface area contributed by atoms with E-state index in [4.69, 9.17) is 9.84 Å². The molecule has 1 atom stereocenters. The lowest BCUT2D eigenvalue weighted by molar-refractivity contribution is -0.157. The number of benzene rings is 1. The maximum absolute atomic E-state index is 12.3. The van der Waals surface area contributed by atoms with Crippen LogP contribution in [0, 0.1) is 0 Å². The molecule has 0 spiro atoms. The van der Waals surface area contributed by atoms with Crippen LogP contribution in [0.5, 0.6) is 5.75 Å². The molecule has 0 fully saturated rings. The van der Waals surface area contributed by atoms with Crippen LogP contribution in [0.1, 0.15) is 12.8 Å². The van der Waals surface area contributed by atoms with E-state index in [-0.39, 0.29) is 17.2 Å². The van der Waals surface area contributed by atoms with Gasteiger partial charge in [0.1, 0.15) is 5.75 Å². The van der Waals surface area contributed by atoms with Crippen molar-refractivity contribution < 1.29 is 32.2 Å². The molecule has 1 heterocycles. The lowest BCUT2D eigenvalue weighted by atomic mass is 10.2. The summed E-state index contributed by atoms with van der Waals surface area (Å²) >= 11 is 0. The Morgan fingerprint density at radius 3 is 2.38 bits per heavy atom. The van der Waals surface area contributed by atoms with Gasteiger partial charge in [0, 0.05) is 5.56 Å². The van der Waals surface area contributed by atoms with Crippen molar-refractivity contribution in [3.8, 4) is 17.2 Å². The molecule has 2 aromatic rings. The van der Waals surface area contributed by atoms with Crippen molar-refractivity contribution in [1.82, 2.24) is 10.2 Å². The molecule has 0 aliphatic heterocycles. The maximum atomic E-state index is 12.3. The van der Waals surface area contributed by atoms with Crippen molar-refractivity contribution in [1.29, 1.82) is 0 Å². The number of aliphatic carboxylic acids is 1. The van der Waals surface area contributed by atoms with Gasteiger partial charge in [-0.3, -0.25) is 0 Å². The summed E-state index contributed by atoms with van der Waals surface area (Å²) in [5.74, 6) is -2.60. The van der Waals surface area contributed by atoms with Crippen LogP contribution in [-0.2, 0) is 11.0 Å². The van der Waals surface area contributed by atoms with Crippen LogP contribution < -0.4 is 4.74 Å². The first-order chi connectivity index (χ1) is 9.77. The number of carboxylic acid groups (broad SMARTS) is 1. The highest BCUT2D eigenvalue weighted by atomic mass is 19.4. The van der Waals surface area contributed by atoms with E-state index in [1.54, 1.807) is 0 Å². The zero-order valence-corrected chi connectivity index (χ0v) is 10.6. The van der Waals surface area contributed by atoms with E-state index in [0.29, 0.717) is 0 Å². The minimum absolute atomic E-state index is 0.254. The van der Waals surface area contributed by atoms with Gasteiger partial charge in [0.2, 0.25) is 5.89 Å². The summed E-state index contributed by atoms with van der Waals surface area (Å²) < 4.78 is 46.6. The number of nitrogens with zero attached hydrogens (tertiary/aromatic N) is 2. The Bertz CT molecular complexity index is 637. The fourth-order valence-corrected chi connectivity index (χ4v) is 1.39. The summed E-state index contributed by atoms with van der Waals surface area (Å²) in [6.07, 6.45) is -5.75. The predicted octanol–water partition coefficient (Wildman–Crippen LogP) is 2.61. The summed E-state index contributed by atoms with van der Waals surface area (Å²) in [6.45, 7) is 1.35. The molecule has 1 aromatic heterocycles. The zero-order valence-electron chi connectivity index (χ0n) is 10.6. The first-order valence-electron chi connectivity index (χ1n) is 5.68. The molecule has 21 heavy (non-hydrogen) atoms. The van der Waals surface area contributed by atoms with E-state index < -0.39 is 24.1 Å². The monoisotopic (exact) mass is 302 g/mol. The summed E-state index contributed by atoms with van der Waals surface area (Å²) in [4.78, 5) is 10.6. The molecule has 9 heteroatoms. The van der Waals surface area contributed by atoms with Gasteiger partial charge in [-0.15, -0.1) is 10.2 Å². The molecule has 0 aliphatic rings. The predicted molar refractivity (Wildman–Crippen MR) is 62.5 cm³/mol. The van der Waals surface area contributed by atoms with Gasteiger partial charge in [-0.2, -0.15) is 13.2 Å². The number of hydrogen-bond donors (Lipinski definition) is 1.